The second-order valence-corrected chi connectivity index (χ2v) is 5.22. The second kappa shape index (κ2) is 6.71. The lowest BCUT2D eigenvalue weighted by Crippen LogP contribution is -2.18. The van der Waals surface area contributed by atoms with E-state index in [-0.39, 0.29) is 5.91 Å². The van der Waals surface area contributed by atoms with Crippen LogP contribution in [0.3, 0.4) is 0 Å². The number of aromatic nitrogens is 1. The van der Waals surface area contributed by atoms with Crippen LogP contribution in [0.5, 0.6) is 0 Å². The third kappa shape index (κ3) is 2.99. The lowest BCUT2D eigenvalue weighted by Gasteiger charge is -2.02. The minimum Gasteiger partial charge on any atom is -0.398 e. The lowest BCUT2D eigenvalue weighted by molar-refractivity contribution is 0.0956. The van der Waals surface area contributed by atoms with Crippen LogP contribution in [-0.4, -0.2) is 16.7 Å². The Balaban J connectivity index is 1.83. The molecular weight excluding hydrogens is 300 g/mol. The number of hydrogen-bond acceptors (Lipinski definition) is 3. The van der Waals surface area contributed by atoms with Crippen molar-refractivity contribution in [3.05, 3.63) is 65.9 Å². The zero-order valence-electron chi connectivity index (χ0n) is 12.9. The van der Waals surface area contributed by atoms with E-state index in [2.05, 4.69) is 16.4 Å². The number of terminal acetylenes is 1. The first-order chi connectivity index (χ1) is 11.7. The van der Waals surface area contributed by atoms with Crippen molar-refractivity contribution in [2.45, 2.75) is 6.54 Å². The summed E-state index contributed by atoms with van der Waals surface area (Å²) in [5.74, 6) is 2.28. The predicted molar refractivity (Wildman–Crippen MR) is 96.7 cm³/mol. The molecule has 5 nitrogen and oxygen atoms in total. The van der Waals surface area contributed by atoms with Crippen LogP contribution in [0.15, 0.2) is 59.8 Å². The molecule has 0 bridgehead atoms. The molecule has 118 valence electrons. The number of nitrogen functional groups attached to an aromatic ring is 1. The molecular formula is C19H16N4O. The molecule has 5 heteroatoms. The van der Waals surface area contributed by atoms with Gasteiger partial charge in [0.05, 0.1) is 18.3 Å². The maximum Gasteiger partial charge on any atom is 0.273 e. The molecule has 0 atom stereocenters. The molecule has 0 aliphatic rings. The first-order valence-corrected chi connectivity index (χ1v) is 7.40. The third-order valence-electron chi connectivity index (χ3n) is 3.66. The summed E-state index contributed by atoms with van der Waals surface area (Å²) in [6.45, 7) is 0.473. The van der Waals surface area contributed by atoms with Crippen molar-refractivity contribution < 1.29 is 4.79 Å². The number of amides is 1. The Morgan fingerprint density at radius 1 is 1.25 bits per heavy atom. The molecule has 24 heavy (non-hydrogen) atoms. The SMILES string of the molecule is C#CCn1cc(/C=N/NC(=O)c2ccccc2N)c2ccccc21. The number of anilines is 1. The quantitative estimate of drug-likeness (QED) is 0.336. The lowest BCUT2D eigenvalue weighted by atomic mass is 10.2. The molecule has 0 radical (unpaired) electrons. The van der Waals surface area contributed by atoms with Gasteiger partial charge >= 0.3 is 0 Å². The van der Waals surface area contributed by atoms with Gasteiger partial charge in [0.2, 0.25) is 0 Å². The van der Waals surface area contributed by atoms with E-state index in [0.717, 1.165) is 16.5 Å². The Labute approximate surface area is 139 Å². The molecule has 3 rings (SSSR count). The molecule has 0 saturated carbocycles. The predicted octanol–water partition coefficient (Wildman–Crippen LogP) is 2.62. The molecule has 0 aliphatic heterocycles. The standard InChI is InChI=1S/C19H16N4O/c1-2-11-23-13-14(15-7-4-6-10-18(15)23)12-21-22-19(24)16-8-3-5-9-17(16)20/h1,3-10,12-13H,11,20H2,(H,22,24)/b21-12+. The van der Waals surface area contributed by atoms with Crippen molar-refractivity contribution in [3.8, 4) is 12.3 Å². The second-order valence-electron chi connectivity index (χ2n) is 5.22. The zero-order chi connectivity index (χ0) is 16.9. The molecule has 0 unspecified atom stereocenters. The number of hydrazone groups is 1. The van der Waals surface area contributed by atoms with Gasteiger partial charge in [-0.25, -0.2) is 5.43 Å². The Bertz CT molecular complexity index is 963. The van der Waals surface area contributed by atoms with E-state index in [1.807, 2.05) is 35.0 Å². The zero-order valence-corrected chi connectivity index (χ0v) is 12.9. The number of para-hydroxylation sites is 2. The fraction of sp³-hybridized carbons (Fsp3) is 0.0526. The molecule has 2 aromatic carbocycles. The normalized spacial score (nSPS) is 10.8. The van der Waals surface area contributed by atoms with E-state index < -0.39 is 0 Å². The van der Waals surface area contributed by atoms with Gasteiger partial charge in [-0.15, -0.1) is 6.42 Å². The first kappa shape index (κ1) is 15.4. The Morgan fingerprint density at radius 2 is 2.00 bits per heavy atom. The molecule has 0 spiro atoms. The highest BCUT2D eigenvalue weighted by molar-refractivity contribution is 6.02. The molecule has 3 aromatic rings. The summed E-state index contributed by atoms with van der Waals surface area (Å²) >= 11 is 0. The van der Waals surface area contributed by atoms with Gasteiger partial charge in [-0.05, 0) is 18.2 Å². The van der Waals surface area contributed by atoms with Crippen molar-refractivity contribution >= 4 is 28.7 Å². The molecule has 3 N–H and O–H groups in total. The number of fused-ring (bicyclic) bond motifs is 1. The number of hydrogen-bond donors (Lipinski definition) is 2. The number of rotatable bonds is 4. The third-order valence-corrected chi connectivity index (χ3v) is 3.66. The van der Waals surface area contributed by atoms with Gasteiger partial charge in [0.25, 0.3) is 5.91 Å². The van der Waals surface area contributed by atoms with Crippen LogP contribution in [0.4, 0.5) is 5.69 Å². The molecule has 1 aromatic heterocycles. The minimum atomic E-state index is -0.350. The average molecular weight is 316 g/mol. The van der Waals surface area contributed by atoms with Crippen LogP contribution in [-0.2, 0) is 6.54 Å². The Kier molecular flexibility index (Phi) is 4.30. The summed E-state index contributed by atoms with van der Waals surface area (Å²) in [5, 5.41) is 5.06. The summed E-state index contributed by atoms with van der Waals surface area (Å²) in [6.07, 6.45) is 8.92. The molecule has 0 aliphatic carbocycles. The van der Waals surface area contributed by atoms with Gasteiger partial charge in [0.1, 0.15) is 0 Å². The Hall–Kier alpha value is -3.52. The van der Waals surface area contributed by atoms with E-state index >= 15 is 0 Å². The highest BCUT2D eigenvalue weighted by atomic mass is 16.2. The summed E-state index contributed by atoms with van der Waals surface area (Å²) in [7, 11) is 0. The number of benzene rings is 2. The van der Waals surface area contributed by atoms with Gasteiger partial charge in [-0.1, -0.05) is 36.3 Å². The largest absolute Gasteiger partial charge is 0.398 e. The van der Waals surface area contributed by atoms with Crippen LogP contribution in [0.1, 0.15) is 15.9 Å². The molecule has 0 fully saturated rings. The van der Waals surface area contributed by atoms with E-state index in [4.69, 9.17) is 12.2 Å². The fourth-order valence-electron chi connectivity index (χ4n) is 2.53. The molecule has 0 saturated heterocycles. The number of nitrogens with two attached hydrogens (primary N) is 1. The number of nitrogens with zero attached hydrogens (tertiary/aromatic N) is 2. The average Bonchev–Trinajstić information content (AvgIpc) is 2.94. The van der Waals surface area contributed by atoms with E-state index in [0.29, 0.717) is 17.8 Å². The molecule has 1 heterocycles. The first-order valence-electron chi connectivity index (χ1n) is 7.40. The maximum absolute atomic E-state index is 12.1. The van der Waals surface area contributed by atoms with Crippen molar-refractivity contribution in [2.24, 2.45) is 5.10 Å². The van der Waals surface area contributed by atoms with Crippen LogP contribution in [0.25, 0.3) is 10.9 Å². The monoisotopic (exact) mass is 316 g/mol. The van der Waals surface area contributed by atoms with Crippen LogP contribution in [0, 0.1) is 12.3 Å². The van der Waals surface area contributed by atoms with Crippen molar-refractivity contribution in [2.75, 3.05) is 5.73 Å². The van der Waals surface area contributed by atoms with Crippen LogP contribution >= 0.6 is 0 Å². The van der Waals surface area contributed by atoms with Crippen LogP contribution < -0.4 is 11.2 Å². The van der Waals surface area contributed by atoms with E-state index in [1.54, 1.807) is 30.5 Å². The van der Waals surface area contributed by atoms with Gasteiger partial charge in [-0.2, -0.15) is 5.10 Å². The summed E-state index contributed by atoms with van der Waals surface area (Å²) in [5.41, 5.74) is 11.0. The van der Waals surface area contributed by atoms with E-state index in [1.165, 1.54) is 0 Å². The topological polar surface area (TPSA) is 72.4 Å². The van der Waals surface area contributed by atoms with Gasteiger partial charge in [-0.3, -0.25) is 4.79 Å². The summed E-state index contributed by atoms with van der Waals surface area (Å²) in [4.78, 5) is 12.1. The van der Waals surface area contributed by atoms with Crippen LogP contribution in [0.2, 0.25) is 0 Å². The number of carbonyl (C=O) groups excluding carboxylic acids is 1. The minimum absolute atomic E-state index is 0.350. The fourth-order valence-corrected chi connectivity index (χ4v) is 2.53. The summed E-state index contributed by atoms with van der Waals surface area (Å²) < 4.78 is 1.97. The van der Waals surface area contributed by atoms with Crippen molar-refractivity contribution in [1.29, 1.82) is 0 Å². The number of nitrogens with one attached hydrogen (secondary N) is 1. The van der Waals surface area contributed by atoms with E-state index in [9.17, 15) is 4.79 Å². The van der Waals surface area contributed by atoms with Gasteiger partial charge in [0.15, 0.2) is 0 Å². The van der Waals surface area contributed by atoms with Gasteiger partial charge < -0.3 is 10.3 Å². The number of carbonyl (C=O) groups is 1. The van der Waals surface area contributed by atoms with Gasteiger partial charge in [0, 0.05) is 28.4 Å². The highest BCUT2D eigenvalue weighted by Gasteiger charge is 2.08. The maximum atomic E-state index is 12.1. The smallest absolute Gasteiger partial charge is 0.273 e. The Morgan fingerprint density at radius 3 is 2.79 bits per heavy atom. The highest BCUT2D eigenvalue weighted by Crippen LogP contribution is 2.19. The van der Waals surface area contributed by atoms with Crippen molar-refractivity contribution in [1.82, 2.24) is 9.99 Å². The summed E-state index contributed by atoms with van der Waals surface area (Å²) in [6, 6.07) is 14.7. The molecule has 1 amide bonds. The van der Waals surface area contributed by atoms with Crippen molar-refractivity contribution in [3.63, 3.8) is 0 Å².